The summed E-state index contributed by atoms with van der Waals surface area (Å²) in [7, 11) is 3.63. The van der Waals surface area contributed by atoms with Crippen LogP contribution in [-0.2, 0) is 4.74 Å². The van der Waals surface area contributed by atoms with Gasteiger partial charge in [-0.05, 0) is 13.5 Å². The first-order valence-electron chi connectivity index (χ1n) is 3.32. The van der Waals surface area contributed by atoms with Crippen LogP contribution in [0.5, 0.6) is 0 Å². The van der Waals surface area contributed by atoms with Crippen LogP contribution in [0.3, 0.4) is 0 Å². The Kier molecular flexibility index (Phi) is 6.14. The van der Waals surface area contributed by atoms with Gasteiger partial charge in [0.2, 0.25) is 0 Å². The second-order valence-electron chi connectivity index (χ2n) is 2.23. The van der Waals surface area contributed by atoms with E-state index in [-0.39, 0.29) is 0 Å². The molecule has 0 unspecified atom stereocenters. The third-order valence-corrected chi connectivity index (χ3v) is 1.20. The van der Waals surface area contributed by atoms with Crippen LogP contribution in [0.1, 0.15) is 6.42 Å². The summed E-state index contributed by atoms with van der Waals surface area (Å²) in [4.78, 5) is 5.23. The predicted octanol–water partition coefficient (Wildman–Crippen LogP) is 0.831. The predicted molar refractivity (Wildman–Crippen MR) is 40.6 cm³/mol. The summed E-state index contributed by atoms with van der Waals surface area (Å²) in [5.41, 5.74) is 0. The van der Waals surface area contributed by atoms with E-state index in [4.69, 9.17) is 11.3 Å². The summed E-state index contributed by atoms with van der Waals surface area (Å²) in [5.74, 6) is 0. The van der Waals surface area contributed by atoms with Gasteiger partial charge in [0.15, 0.2) is 0 Å². The molecular formula is C7H14N2O. The van der Waals surface area contributed by atoms with Crippen molar-refractivity contribution in [1.29, 1.82) is 0 Å². The number of nitrogens with zero attached hydrogens (tertiary/aromatic N) is 2. The first kappa shape index (κ1) is 9.41. The number of ether oxygens (including phenoxy) is 1. The molecule has 0 aromatic rings. The fourth-order valence-corrected chi connectivity index (χ4v) is 0.670. The molecule has 0 amide bonds. The van der Waals surface area contributed by atoms with Crippen LogP contribution in [0, 0.1) is 6.57 Å². The van der Waals surface area contributed by atoms with Gasteiger partial charge in [-0.15, -0.1) is 0 Å². The van der Waals surface area contributed by atoms with Gasteiger partial charge in [0.25, 0.3) is 6.67 Å². The second kappa shape index (κ2) is 6.53. The third kappa shape index (κ3) is 5.54. The molecule has 58 valence electrons. The largest absolute Gasteiger partial charge is 0.385 e. The minimum absolute atomic E-state index is 0.490. The Hall–Kier alpha value is -0.590. The van der Waals surface area contributed by atoms with E-state index in [2.05, 4.69) is 4.85 Å². The summed E-state index contributed by atoms with van der Waals surface area (Å²) in [6, 6.07) is 0. The monoisotopic (exact) mass is 142 g/mol. The molecule has 0 bridgehead atoms. The molecule has 0 saturated heterocycles. The van der Waals surface area contributed by atoms with Gasteiger partial charge in [-0.1, -0.05) is 0 Å². The molecule has 0 aliphatic rings. The molecule has 0 aliphatic heterocycles. The van der Waals surface area contributed by atoms with E-state index >= 15 is 0 Å². The van der Waals surface area contributed by atoms with E-state index in [1.54, 1.807) is 7.11 Å². The van der Waals surface area contributed by atoms with E-state index in [1.807, 2.05) is 11.9 Å². The van der Waals surface area contributed by atoms with Gasteiger partial charge in [0, 0.05) is 20.3 Å². The molecule has 0 aromatic carbocycles. The summed E-state index contributed by atoms with van der Waals surface area (Å²) >= 11 is 0. The lowest BCUT2D eigenvalue weighted by Crippen LogP contribution is -2.19. The van der Waals surface area contributed by atoms with Crippen molar-refractivity contribution < 1.29 is 4.74 Å². The molecule has 0 atom stereocenters. The van der Waals surface area contributed by atoms with E-state index in [0.717, 1.165) is 19.6 Å². The maximum atomic E-state index is 6.57. The summed E-state index contributed by atoms with van der Waals surface area (Å²) in [5, 5.41) is 0. The minimum atomic E-state index is 0.490. The number of hydrogen-bond donors (Lipinski definition) is 0. The van der Waals surface area contributed by atoms with Crippen LogP contribution in [0.4, 0.5) is 0 Å². The maximum absolute atomic E-state index is 6.57. The fraction of sp³-hybridized carbons (Fsp3) is 0.857. The number of hydrogen-bond acceptors (Lipinski definition) is 2. The van der Waals surface area contributed by atoms with E-state index < -0.39 is 0 Å². The van der Waals surface area contributed by atoms with Crippen molar-refractivity contribution in [3.8, 4) is 0 Å². The second-order valence-corrected chi connectivity index (χ2v) is 2.23. The van der Waals surface area contributed by atoms with Gasteiger partial charge in [-0.3, -0.25) is 4.85 Å². The van der Waals surface area contributed by atoms with Crippen molar-refractivity contribution in [2.45, 2.75) is 6.42 Å². The first-order valence-corrected chi connectivity index (χ1v) is 3.32. The van der Waals surface area contributed by atoms with E-state index in [1.165, 1.54) is 0 Å². The highest BCUT2D eigenvalue weighted by molar-refractivity contribution is 4.58. The molecule has 3 nitrogen and oxygen atoms in total. The van der Waals surface area contributed by atoms with Crippen molar-refractivity contribution >= 4 is 0 Å². The molecule has 0 N–H and O–H groups in total. The molecule has 0 heterocycles. The van der Waals surface area contributed by atoms with Gasteiger partial charge in [-0.2, -0.15) is 0 Å². The summed E-state index contributed by atoms with van der Waals surface area (Å²) < 4.78 is 4.87. The van der Waals surface area contributed by atoms with Gasteiger partial charge >= 0.3 is 0 Å². The lowest BCUT2D eigenvalue weighted by Gasteiger charge is -2.07. The molecule has 0 aliphatic carbocycles. The minimum Gasteiger partial charge on any atom is -0.385 e. The average molecular weight is 142 g/mol. The van der Waals surface area contributed by atoms with Gasteiger partial charge in [0.05, 0.1) is 0 Å². The molecule has 0 fully saturated rings. The molecular weight excluding hydrogens is 128 g/mol. The highest BCUT2D eigenvalue weighted by atomic mass is 16.5. The maximum Gasteiger partial charge on any atom is 0.270 e. The first-order chi connectivity index (χ1) is 4.81. The van der Waals surface area contributed by atoms with Crippen LogP contribution < -0.4 is 0 Å². The smallest absolute Gasteiger partial charge is 0.270 e. The Bertz CT molecular complexity index is 109. The molecule has 0 aromatic heterocycles. The topological polar surface area (TPSA) is 16.8 Å². The quantitative estimate of drug-likeness (QED) is 0.418. The lowest BCUT2D eigenvalue weighted by molar-refractivity contribution is 0.182. The van der Waals surface area contributed by atoms with Crippen molar-refractivity contribution in [3.05, 3.63) is 11.4 Å². The Morgan fingerprint density at radius 2 is 2.30 bits per heavy atom. The van der Waals surface area contributed by atoms with Crippen molar-refractivity contribution in [3.63, 3.8) is 0 Å². The average Bonchev–Trinajstić information content (AvgIpc) is 1.89. The number of rotatable bonds is 5. The lowest BCUT2D eigenvalue weighted by atomic mass is 10.4. The molecule has 0 radical (unpaired) electrons. The van der Waals surface area contributed by atoms with Crippen LogP contribution in [-0.4, -0.2) is 38.9 Å². The Morgan fingerprint density at radius 3 is 2.80 bits per heavy atom. The molecule has 0 saturated carbocycles. The van der Waals surface area contributed by atoms with E-state index in [9.17, 15) is 0 Å². The molecule has 0 spiro atoms. The van der Waals surface area contributed by atoms with Gasteiger partial charge < -0.3 is 4.74 Å². The van der Waals surface area contributed by atoms with Crippen molar-refractivity contribution in [1.82, 2.24) is 4.90 Å². The van der Waals surface area contributed by atoms with Crippen LogP contribution in [0.15, 0.2) is 0 Å². The third-order valence-electron chi connectivity index (χ3n) is 1.20. The highest BCUT2D eigenvalue weighted by Crippen LogP contribution is 1.87. The summed E-state index contributed by atoms with van der Waals surface area (Å²) in [6.45, 7) is 8.78. The zero-order valence-electron chi connectivity index (χ0n) is 6.63. The highest BCUT2D eigenvalue weighted by Gasteiger charge is 1.97. The normalized spacial score (nSPS) is 9.80. The van der Waals surface area contributed by atoms with Crippen LogP contribution in [0.2, 0.25) is 0 Å². The number of methoxy groups -OCH3 is 1. The fourth-order valence-electron chi connectivity index (χ4n) is 0.670. The van der Waals surface area contributed by atoms with E-state index in [0.29, 0.717) is 6.67 Å². The molecule has 10 heavy (non-hydrogen) atoms. The standard InChI is InChI=1S/C7H14N2O/c1-8-7-9(2)5-4-6-10-3/h4-7H2,2-3H3. The Balaban J connectivity index is 3.06. The molecule has 3 heteroatoms. The van der Waals surface area contributed by atoms with Gasteiger partial charge in [0.1, 0.15) is 0 Å². The van der Waals surface area contributed by atoms with Crippen LogP contribution in [0.25, 0.3) is 4.85 Å². The molecule has 0 rings (SSSR count). The zero-order valence-corrected chi connectivity index (χ0v) is 6.63. The SMILES string of the molecule is [C-]#[N+]CN(C)CCCOC. The van der Waals surface area contributed by atoms with Crippen molar-refractivity contribution in [2.24, 2.45) is 0 Å². The summed E-state index contributed by atoms with van der Waals surface area (Å²) in [6.07, 6.45) is 1.00. The van der Waals surface area contributed by atoms with Gasteiger partial charge in [-0.25, -0.2) is 11.5 Å². The van der Waals surface area contributed by atoms with Crippen molar-refractivity contribution in [2.75, 3.05) is 34.0 Å². The van der Waals surface area contributed by atoms with Crippen LogP contribution >= 0.6 is 0 Å². The Labute approximate surface area is 62.4 Å². The zero-order chi connectivity index (χ0) is 7.82. The Morgan fingerprint density at radius 1 is 1.60 bits per heavy atom.